The van der Waals surface area contributed by atoms with Crippen LogP contribution in [0.25, 0.3) is 16.6 Å². The lowest BCUT2D eigenvalue weighted by Crippen LogP contribution is -2.12. The van der Waals surface area contributed by atoms with E-state index in [9.17, 15) is 0 Å². The van der Waals surface area contributed by atoms with Crippen molar-refractivity contribution in [2.45, 2.75) is 26.8 Å². The van der Waals surface area contributed by atoms with Crippen molar-refractivity contribution in [3.63, 3.8) is 0 Å². The van der Waals surface area contributed by atoms with E-state index in [0.29, 0.717) is 0 Å². The molecule has 0 saturated carbocycles. The molecular formula is C21H22N2. The van der Waals surface area contributed by atoms with Gasteiger partial charge in [0.25, 0.3) is 0 Å². The number of aromatic nitrogens is 1. The third kappa shape index (κ3) is 2.09. The Balaban J connectivity index is 1.77. The van der Waals surface area contributed by atoms with E-state index in [1.54, 1.807) is 0 Å². The molecule has 0 unspecified atom stereocenters. The second-order valence-electron chi connectivity index (χ2n) is 6.47. The first-order valence-electron chi connectivity index (χ1n) is 8.23. The predicted octanol–water partition coefficient (Wildman–Crippen LogP) is 5.04. The topological polar surface area (TPSA) is 8.17 Å². The van der Waals surface area contributed by atoms with Crippen LogP contribution in [0.1, 0.15) is 29.3 Å². The van der Waals surface area contributed by atoms with Gasteiger partial charge in [0.1, 0.15) is 0 Å². The van der Waals surface area contributed by atoms with E-state index in [2.05, 4.69) is 79.4 Å². The van der Waals surface area contributed by atoms with Gasteiger partial charge in [-0.05, 0) is 54.1 Å². The van der Waals surface area contributed by atoms with Gasteiger partial charge in [0.2, 0.25) is 0 Å². The Labute approximate surface area is 137 Å². The van der Waals surface area contributed by atoms with Crippen LogP contribution in [0.3, 0.4) is 0 Å². The van der Waals surface area contributed by atoms with E-state index in [0.717, 1.165) is 18.7 Å². The van der Waals surface area contributed by atoms with Gasteiger partial charge in [0, 0.05) is 36.2 Å². The van der Waals surface area contributed by atoms with Crippen molar-refractivity contribution in [1.29, 1.82) is 0 Å². The molecule has 0 aliphatic carbocycles. The Hall–Kier alpha value is -2.48. The summed E-state index contributed by atoms with van der Waals surface area (Å²) in [4.78, 5) is 2.33. The van der Waals surface area contributed by atoms with Crippen LogP contribution in [-0.4, -0.2) is 4.57 Å². The molecule has 0 bridgehead atoms. The van der Waals surface area contributed by atoms with Crippen LogP contribution in [0, 0.1) is 6.92 Å². The average Bonchev–Trinajstić information content (AvgIpc) is 3.04. The first kappa shape index (κ1) is 14.1. The zero-order valence-corrected chi connectivity index (χ0v) is 14.1. The van der Waals surface area contributed by atoms with Gasteiger partial charge in [-0.3, -0.25) is 0 Å². The van der Waals surface area contributed by atoms with Crippen LogP contribution in [0.2, 0.25) is 0 Å². The lowest BCUT2D eigenvalue weighted by molar-refractivity contribution is 0.917. The number of hydrogen-bond donors (Lipinski definition) is 0. The highest BCUT2D eigenvalue weighted by atomic mass is 15.2. The van der Waals surface area contributed by atoms with Crippen LogP contribution in [0.15, 0.2) is 49.0 Å². The van der Waals surface area contributed by atoms with Crippen LogP contribution < -0.4 is 4.90 Å². The molecule has 0 atom stereocenters. The summed E-state index contributed by atoms with van der Waals surface area (Å²) in [6, 6.07) is 15.7. The van der Waals surface area contributed by atoms with E-state index in [4.69, 9.17) is 0 Å². The smallest absolute Gasteiger partial charge is 0.0500 e. The zero-order valence-electron chi connectivity index (χ0n) is 14.1. The van der Waals surface area contributed by atoms with Gasteiger partial charge in [0.15, 0.2) is 0 Å². The number of fused-ring (bicyclic) bond motifs is 2. The average molecular weight is 302 g/mol. The summed E-state index contributed by atoms with van der Waals surface area (Å²) in [6.45, 7) is 9.61. The second kappa shape index (κ2) is 5.02. The Kier molecular flexibility index (Phi) is 3.08. The number of hydrogen-bond acceptors (Lipinski definition) is 1. The molecule has 3 aromatic rings. The minimum absolute atomic E-state index is 0.910. The highest BCUT2D eigenvalue weighted by molar-refractivity contribution is 5.90. The van der Waals surface area contributed by atoms with Crippen molar-refractivity contribution >= 4 is 22.3 Å². The van der Waals surface area contributed by atoms with Gasteiger partial charge in [-0.15, -0.1) is 0 Å². The highest BCUT2D eigenvalue weighted by Gasteiger charge is 2.24. The fraction of sp³-hybridized carbons (Fsp3) is 0.238. The molecule has 1 aromatic heterocycles. The Bertz CT molecular complexity index is 930. The number of benzene rings is 2. The number of nitrogens with zero attached hydrogens (tertiary/aromatic N) is 2. The van der Waals surface area contributed by atoms with Crippen LogP contribution in [0.4, 0.5) is 5.69 Å². The quantitative estimate of drug-likeness (QED) is 0.644. The van der Waals surface area contributed by atoms with Crippen molar-refractivity contribution in [3.8, 4) is 0 Å². The SMILES string of the molecule is C=C1c2cc(CC)ccc2CN1c1ccc2cc(C)n(C)c2c1. The zero-order chi connectivity index (χ0) is 16.1. The molecule has 0 radical (unpaired) electrons. The van der Waals surface area contributed by atoms with E-state index in [1.165, 1.54) is 39.0 Å². The lowest BCUT2D eigenvalue weighted by Gasteiger charge is -2.20. The molecule has 1 aliphatic heterocycles. The maximum absolute atomic E-state index is 4.36. The van der Waals surface area contributed by atoms with Crippen molar-refractivity contribution in [2.24, 2.45) is 7.05 Å². The lowest BCUT2D eigenvalue weighted by atomic mass is 10.0. The summed E-state index contributed by atoms with van der Waals surface area (Å²) in [5.41, 5.74) is 8.94. The van der Waals surface area contributed by atoms with Crippen LogP contribution in [-0.2, 0) is 20.0 Å². The van der Waals surface area contributed by atoms with E-state index >= 15 is 0 Å². The van der Waals surface area contributed by atoms with Gasteiger partial charge in [0.05, 0.1) is 5.52 Å². The highest BCUT2D eigenvalue weighted by Crippen LogP contribution is 2.37. The van der Waals surface area contributed by atoms with E-state index < -0.39 is 0 Å². The minimum atomic E-state index is 0.910. The Morgan fingerprint density at radius 2 is 1.91 bits per heavy atom. The molecule has 1 aliphatic rings. The van der Waals surface area contributed by atoms with Crippen LogP contribution in [0.5, 0.6) is 0 Å². The Morgan fingerprint density at radius 3 is 2.70 bits per heavy atom. The number of aryl methyl sites for hydroxylation is 3. The fourth-order valence-corrected chi connectivity index (χ4v) is 3.53. The summed E-state index contributed by atoms with van der Waals surface area (Å²) in [7, 11) is 2.13. The van der Waals surface area contributed by atoms with E-state index in [-0.39, 0.29) is 0 Å². The number of anilines is 1. The third-order valence-electron chi connectivity index (χ3n) is 5.13. The van der Waals surface area contributed by atoms with Gasteiger partial charge < -0.3 is 9.47 Å². The molecule has 0 amide bonds. The normalized spacial score (nSPS) is 13.9. The van der Waals surface area contributed by atoms with Gasteiger partial charge in [-0.1, -0.05) is 31.7 Å². The second-order valence-corrected chi connectivity index (χ2v) is 6.47. The molecular weight excluding hydrogens is 280 g/mol. The maximum Gasteiger partial charge on any atom is 0.0500 e. The number of rotatable bonds is 2. The molecule has 2 nitrogen and oxygen atoms in total. The predicted molar refractivity (Wildman–Crippen MR) is 98.7 cm³/mol. The monoisotopic (exact) mass is 302 g/mol. The summed E-state index contributed by atoms with van der Waals surface area (Å²) >= 11 is 0. The first-order chi connectivity index (χ1) is 11.1. The van der Waals surface area contributed by atoms with Gasteiger partial charge >= 0.3 is 0 Å². The standard InChI is InChI=1S/C21H22N2/c1-5-16-6-7-18-13-23(15(3)20(18)11-16)19-9-8-17-10-14(2)22(4)21(17)12-19/h6-12H,3,5,13H2,1-2,4H3. The van der Waals surface area contributed by atoms with Crippen molar-refractivity contribution < 1.29 is 0 Å². The Morgan fingerprint density at radius 1 is 1.09 bits per heavy atom. The molecule has 2 heteroatoms. The molecule has 0 saturated heterocycles. The molecule has 23 heavy (non-hydrogen) atoms. The molecule has 2 aromatic carbocycles. The molecule has 0 fully saturated rings. The minimum Gasteiger partial charge on any atom is -0.348 e. The summed E-state index contributed by atoms with van der Waals surface area (Å²) in [5.74, 6) is 0. The van der Waals surface area contributed by atoms with Crippen molar-refractivity contribution in [3.05, 3.63) is 71.4 Å². The third-order valence-corrected chi connectivity index (χ3v) is 5.13. The fourth-order valence-electron chi connectivity index (χ4n) is 3.53. The molecule has 116 valence electrons. The summed E-state index contributed by atoms with van der Waals surface area (Å²) in [6.07, 6.45) is 1.06. The van der Waals surface area contributed by atoms with E-state index in [1.807, 2.05) is 0 Å². The van der Waals surface area contributed by atoms with Crippen LogP contribution >= 0.6 is 0 Å². The summed E-state index contributed by atoms with van der Waals surface area (Å²) in [5, 5.41) is 1.30. The van der Waals surface area contributed by atoms with Gasteiger partial charge in [-0.25, -0.2) is 0 Å². The summed E-state index contributed by atoms with van der Waals surface area (Å²) < 4.78 is 2.25. The molecule has 0 N–H and O–H groups in total. The van der Waals surface area contributed by atoms with Gasteiger partial charge in [-0.2, -0.15) is 0 Å². The van der Waals surface area contributed by atoms with Crippen molar-refractivity contribution in [1.82, 2.24) is 4.57 Å². The molecule has 0 spiro atoms. The first-order valence-corrected chi connectivity index (χ1v) is 8.23. The maximum atomic E-state index is 4.36. The van der Waals surface area contributed by atoms with Crippen molar-refractivity contribution in [2.75, 3.05) is 4.90 Å². The largest absolute Gasteiger partial charge is 0.348 e. The molecule has 4 rings (SSSR count). The molecule has 2 heterocycles.